The summed E-state index contributed by atoms with van der Waals surface area (Å²) in [5, 5.41) is 0. The van der Waals surface area contributed by atoms with E-state index in [1.54, 1.807) is 0 Å². The number of aromatic nitrogens is 1. The summed E-state index contributed by atoms with van der Waals surface area (Å²) in [5.74, 6) is -3.67. The van der Waals surface area contributed by atoms with Crippen molar-refractivity contribution in [1.82, 2.24) is 4.98 Å². The molecule has 2 nitrogen and oxygen atoms in total. The summed E-state index contributed by atoms with van der Waals surface area (Å²) in [6.45, 7) is 2.04. The molecule has 1 saturated carbocycles. The summed E-state index contributed by atoms with van der Waals surface area (Å²) in [6.07, 6.45) is 4.73. The summed E-state index contributed by atoms with van der Waals surface area (Å²) >= 11 is 0. The van der Waals surface area contributed by atoms with E-state index in [2.05, 4.69) is 4.98 Å². The molecule has 1 heterocycles. The molecule has 0 aliphatic heterocycles. The lowest BCUT2D eigenvalue weighted by Crippen LogP contribution is -2.30. The molecule has 1 fully saturated rings. The molecule has 0 radical (unpaired) electrons. The number of halogens is 3. The van der Waals surface area contributed by atoms with Crippen LogP contribution in [0.25, 0.3) is 0 Å². The molecular formula is C13H16F3NO. The van der Waals surface area contributed by atoms with E-state index >= 15 is 0 Å². The Hall–Kier alpha value is -1.26. The lowest BCUT2D eigenvalue weighted by Gasteiger charge is -2.30. The Kier molecular flexibility index (Phi) is 4.09. The van der Waals surface area contributed by atoms with E-state index in [9.17, 15) is 13.2 Å². The summed E-state index contributed by atoms with van der Waals surface area (Å²) in [6, 6.07) is 0.474. The fraction of sp³-hybridized carbons (Fsp3) is 0.615. The summed E-state index contributed by atoms with van der Waals surface area (Å²) in [5.41, 5.74) is 0. The van der Waals surface area contributed by atoms with Crippen LogP contribution in [0.3, 0.4) is 0 Å². The van der Waals surface area contributed by atoms with Crippen LogP contribution in [0.15, 0.2) is 6.07 Å². The van der Waals surface area contributed by atoms with E-state index in [0.29, 0.717) is 12.0 Å². The van der Waals surface area contributed by atoms with Gasteiger partial charge >= 0.3 is 0 Å². The van der Waals surface area contributed by atoms with Gasteiger partial charge < -0.3 is 4.74 Å². The average molecular weight is 259 g/mol. The van der Waals surface area contributed by atoms with Crippen molar-refractivity contribution in [3.05, 3.63) is 23.6 Å². The molecule has 0 bridgehead atoms. The van der Waals surface area contributed by atoms with E-state index in [4.69, 9.17) is 4.74 Å². The minimum absolute atomic E-state index is 0.157. The van der Waals surface area contributed by atoms with Crippen molar-refractivity contribution in [2.45, 2.75) is 45.1 Å². The Morgan fingerprint density at radius 1 is 1.22 bits per heavy atom. The Labute approximate surface area is 104 Å². The van der Waals surface area contributed by atoms with Gasteiger partial charge in [0.15, 0.2) is 11.6 Å². The first-order valence-corrected chi connectivity index (χ1v) is 6.30. The third-order valence-electron chi connectivity index (χ3n) is 3.48. The molecule has 1 aromatic heterocycles. The Morgan fingerprint density at radius 3 is 2.67 bits per heavy atom. The molecule has 0 amide bonds. The fourth-order valence-corrected chi connectivity index (χ4v) is 2.45. The molecule has 0 saturated heterocycles. The van der Waals surface area contributed by atoms with Crippen LogP contribution in [0.5, 0.6) is 5.88 Å². The quantitative estimate of drug-likeness (QED) is 0.769. The Morgan fingerprint density at radius 2 is 1.94 bits per heavy atom. The summed E-state index contributed by atoms with van der Waals surface area (Å²) in [7, 11) is 0. The van der Waals surface area contributed by atoms with Crippen molar-refractivity contribution in [3.63, 3.8) is 0 Å². The predicted molar refractivity (Wildman–Crippen MR) is 60.8 cm³/mol. The van der Waals surface area contributed by atoms with Crippen LogP contribution in [-0.4, -0.2) is 11.1 Å². The van der Waals surface area contributed by atoms with Gasteiger partial charge in [0.2, 0.25) is 0 Å². The number of pyridine rings is 1. The highest BCUT2D eigenvalue weighted by Crippen LogP contribution is 2.30. The highest BCUT2D eigenvalue weighted by Gasteiger charge is 2.27. The Bertz CT molecular complexity index is 425. The molecular weight excluding hydrogens is 243 g/mol. The minimum Gasteiger partial charge on any atom is -0.472 e. The molecule has 0 aromatic carbocycles. The van der Waals surface area contributed by atoms with E-state index in [0.717, 1.165) is 32.1 Å². The second kappa shape index (κ2) is 5.59. The van der Waals surface area contributed by atoms with Crippen molar-refractivity contribution >= 4 is 0 Å². The van der Waals surface area contributed by atoms with Crippen LogP contribution in [0.1, 0.15) is 39.0 Å². The molecule has 1 aliphatic rings. The highest BCUT2D eigenvalue weighted by atomic mass is 19.2. The van der Waals surface area contributed by atoms with Gasteiger partial charge in [-0.05, 0) is 31.6 Å². The van der Waals surface area contributed by atoms with E-state index < -0.39 is 23.5 Å². The first kappa shape index (κ1) is 13.2. The maximum absolute atomic E-state index is 13.4. The van der Waals surface area contributed by atoms with Gasteiger partial charge in [0.25, 0.3) is 11.8 Å². The van der Waals surface area contributed by atoms with Gasteiger partial charge in [0.1, 0.15) is 6.10 Å². The first-order chi connectivity index (χ1) is 8.61. The van der Waals surface area contributed by atoms with Gasteiger partial charge in [-0.1, -0.05) is 13.3 Å². The molecule has 18 heavy (non-hydrogen) atoms. The average Bonchev–Trinajstić information content (AvgIpc) is 2.36. The van der Waals surface area contributed by atoms with E-state index in [1.807, 2.05) is 6.92 Å². The van der Waals surface area contributed by atoms with Gasteiger partial charge in [-0.2, -0.15) is 9.37 Å². The molecule has 2 rings (SSSR count). The Balaban J connectivity index is 2.15. The molecule has 0 spiro atoms. The van der Waals surface area contributed by atoms with Crippen molar-refractivity contribution in [2.24, 2.45) is 5.92 Å². The van der Waals surface area contributed by atoms with Crippen molar-refractivity contribution in [3.8, 4) is 5.88 Å². The number of rotatable bonds is 3. The van der Waals surface area contributed by atoms with Gasteiger partial charge in [-0.3, -0.25) is 0 Å². The fourth-order valence-electron chi connectivity index (χ4n) is 2.45. The standard InChI is InChI=1S/C13H16F3NO/c1-2-8-5-3-4-6-11(8)18-13-10(15)7-9(14)12(16)17-13/h7-8,11H,2-6H2,1H3. The predicted octanol–water partition coefficient (Wildman–Crippen LogP) is 3.85. The third-order valence-corrected chi connectivity index (χ3v) is 3.48. The second-order valence-corrected chi connectivity index (χ2v) is 4.66. The topological polar surface area (TPSA) is 22.1 Å². The van der Waals surface area contributed by atoms with Crippen molar-refractivity contribution in [2.75, 3.05) is 0 Å². The van der Waals surface area contributed by atoms with Crippen molar-refractivity contribution < 1.29 is 17.9 Å². The van der Waals surface area contributed by atoms with Crippen LogP contribution >= 0.6 is 0 Å². The number of ether oxygens (including phenoxy) is 1. The van der Waals surface area contributed by atoms with Crippen LogP contribution in [0, 0.1) is 23.5 Å². The molecule has 2 unspecified atom stereocenters. The second-order valence-electron chi connectivity index (χ2n) is 4.66. The summed E-state index contributed by atoms with van der Waals surface area (Å²) in [4.78, 5) is 3.20. The molecule has 100 valence electrons. The zero-order valence-electron chi connectivity index (χ0n) is 10.3. The van der Waals surface area contributed by atoms with Crippen LogP contribution < -0.4 is 4.74 Å². The highest BCUT2D eigenvalue weighted by molar-refractivity contribution is 5.15. The van der Waals surface area contributed by atoms with Crippen LogP contribution in [0.2, 0.25) is 0 Å². The number of hydrogen-bond acceptors (Lipinski definition) is 2. The smallest absolute Gasteiger partial charge is 0.253 e. The summed E-state index contributed by atoms with van der Waals surface area (Å²) < 4.78 is 44.6. The maximum atomic E-state index is 13.4. The van der Waals surface area contributed by atoms with Crippen LogP contribution in [0.4, 0.5) is 13.2 Å². The lowest BCUT2D eigenvalue weighted by atomic mass is 9.85. The molecule has 0 N–H and O–H groups in total. The third kappa shape index (κ3) is 2.76. The maximum Gasteiger partial charge on any atom is 0.253 e. The van der Waals surface area contributed by atoms with Gasteiger partial charge in [0.05, 0.1) is 0 Å². The molecule has 1 aromatic rings. The largest absolute Gasteiger partial charge is 0.472 e. The van der Waals surface area contributed by atoms with Gasteiger partial charge in [-0.15, -0.1) is 0 Å². The van der Waals surface area contributed by atoms with Crippen molar-refractivity contribution in [1.29, 1.82) is 0 Å². The number of nitrogens with zero attached hydrogens (tertiary/aromatic N) is 1. The van der Waals surface area contributed by atoms with Crippen LogP contribution in [-0.2, 0) is 0 Å². The zero-order chi connectivity index (χ0) is 13.1. The van der Waals surface area contributed by atoms with E-state index in [1.165, 1.54) is 0 Å². The minimum atomic E-state index is -1.32. The first-order valence-electron chi connectivity index (χ1n) is 6.30. The normalized spacial score (nSPS) is 24.0. The van der Waals surface area contributed by atoms with Gasteiger partial charge in [-0.25, -0.2) is 8.78 Å². The monoisotopic (exact) mass is 259 g/mol. The molecule has 2 atom stereocenters. The van der Waals surface area contributed by atoms with Gasteiger partial charge in [0, 0.05) is 6.07 Å². The lowest BCUT2D eigenvalue weighted by molar-refractivity contribution is 0.0799. The molecule has 5 heteroatoms. The number of hydrogen-bond donors (Lipinski definition) is 0. The molecule has 1 aliphatic carbocycles. The SMILES string of the molecule is CCC1CCCCC1Oc1nc(F)c(F)cc1F. The van der Waals surface area contributed by atoms with E-state index in [-0.39, 0.29) is 6.10 Å². The zero-order valence-corrected chi connectivity index (χ0v) is 10.3.